The summed E-state index contributed by atoms with van der Waals surface area (Å²) < 4.78 is 7.76. The number of morpholine rings is 1. The van der Waals surface area contributed by atoms with Gasteiger partial charge in [-0.15, -0.1) is 0 Å². The smallest absolute Gasteiger partial charge is 0.272 e. The lowest BCUT2D eigenvalue weighted by Crippen LogP contribution is -2.44. The predicted molar refractivity (Wildman–Crippen MR) is 96.8 cm³/mol. The summed E-state index contributed by atoms with van der Waals surface area (Å²) >= 11 is 12.5. The summed E-state index contributed by atoms with van der Waals surface area (Å²) in [6.45, 7) is 6.30. The molecular formula is C16H18Cl2N4O3. The highest BCUT2D eigenvalue weighted by molar-refractivity contribution is 6.39. The number of ether oxygens (including phenoxy) is 1. The van der Waals surface area contributed by atoms with Gasteiger partial charge in [0, 0.05) is 30.9 Å². The van der Waals surface area contributed by atoms with Gasteiger partial charge in [-0.1, -0.05) is 23.2 Å². The number of non-ortho nitro benzene ring substituents is 1. The molecular weight excluding hydrogens is 367 g/mol. The van der Waals surface area contributed by atoms with Crippen LogP contribution in [0.2, 0.25) is 10.0 Å². The number of nitro benzene ring substituents is 1. The van der Waals surface area contributed by atoms with Crippen molar-refractivity contribution in [3.8, 4) is 0 Å². The third-order valence-corrected chi connectivity index (χ3v) is 4.72. The van der Waals surface area contributed by atoms with Crippen molar-refractivity contribution in [1.82, 2.24) is 9.78 Å². The number of rotatable bonds is 4. The number of aryl methyl sites for hydroxylation is 2. The lowest BCUT2D eigenvalue weighted by molar-refractivity contribution is -0.384. The van der Waals surface area contributed by atoms with Crippen LogP contribution in [0.1, 0.15) is 11.4 Å². The van der Waals surface area contributed by atoms with Crippen LogP contribution >= 0.6 is 23.2 Å². The van der Waals surface area contributed by atoms with Crippen molar-refractivity contribution in [2.45, 2.75) is 26.5 Å². The summed E-state index contributed by atoms with van der Waals surface area (Å²) in [5, 5.41) is 15.9. The topological polar surface area (TPSA) is 73.4 Å². The minimum absolute atomic E-state index is 0.0749. The third kappa shape index (κ3) is 3.89. The zero-order valence-electron chi connectivity index (χ0n) is 13.9. The van der Waals surface area contributed by atoms with E-state index in [0.29, 0.717) is 31.9 Å². The number of aromatic nitrogens is 2. The number of nitrogens with zero attached hydrogens (tertiary/aromatic N) is 4. The van der Waals surface area contributed by atoms with E-state index in [9.17, 15) is 10.1 Å². The van der Waals surface area contributed by atoms with Gasteiger partial charge in [0.15, 0.2) is 0 Å². The molecule has 1 saturated heterocycles. The Morgan fingerprint density at radius 1 is 1.32 bits per heavy atom. The van der Waals surface area contributed by atoms with Gasteiger partial charge in [0.05, 0.1) is 45.6 Å². The molecule has 2 aromatic rings. The van der Waals surface area contributed by atoms with Crippen LogP contribution < -0.4 is 4.90 Å². The summed E-state index contributed by atoms with van der Waals surface area (Å²) in [4.78, 5) is 12.4. The van der Waals surface area contributed by atoms with Crippen LogP contribution in [-0.4, -0.2) is 40.5 Å². The van der Waals surface area contributed by atoms with E-state index in [0.717, 1.165) is 11.4 Å². The predicted octanol–water partition coefficient (Wildman–Crippen LogP) is 3.62. The molecule has 134 valence electrons. The molecule has 1 aromatic heterocycles. The lowest BCUT2D eigenvalue weighted by Gasteiger charge is -2.35. The second-order valence-electron chi connectivity index (χ2n) is 6.06. The molecule has 0 aliphatic carbocycles. The molecule has 0 spiro atoms. The number of anilines is 1. The molecule has 7 nitrogen and oxygen atoms in total. The Hall–Kier alpha value is -1.83. The van der Waals surface area contributed by atoms with E-state index in [1.54, 1.807) is 0 Å². The molecule has 0 N–H and O–H groups in total. The van der Waals surface area contributed by atoms with Crippen LogP contribution in [0.15, 0.2) is 18.2 Å². The van der Waals surface area contributed by atoms with E-state index in [1.165, 1.54) is 12.1 Å². The molecule has 1 aliphatic heterocycles. The second-order valence-corrected chi connectivity index (χ2v) is 6.88. The molecule has 1 aliphatic rings. The average Bonchev–Trinajstić information content (AvgIpc) is 2.84. The normalized spacial score (nSPS) is 17.8. The monoisotopic (exact) mass is 384 g/mol. The molecule has 1 atom stereocenters. The molecule has 25 heavy (non-hydrogen) atoms. The van der Waals surface area contributed by atoms with E-state index < -0.39 is 4.92 Å². The third-order valence-electron chi connectivity index (χ3n) is 4.15. The second kappa shape index (κ2) is 7.19. The number of benzene rings is 1. The van der Waals surface area contributed by atoms with E-state index >= 15 is 0 Å². The summed E-state index contributed by atoms with van der Waals surface area (Å²) in [6, 6.07) is 4.67. The first-order valence-corrected chi connectivity index (χ1v) is 8.62. The van der Waals surface area contributed by atoms with Crippen LogP contribution in [0.4, 0.5) is 11.4 Å². The van der Waals surface area contributed by atoms with E-state index in [-0.39, 0.29) is 21.8 Å². The minimum Gasteiger partial charge on any atom is -0.373 e. The van der Waals surface area contributed by atoms with Crippen molar-refractivity contribution in [3.05, 3.63) is 49.7 Å². The Balaban J connectivity index is 1.79. The molecule has 2 heterocycles. The van der Waals surface area contributed by atoms with Gasteiger partial charge in [0.25, 0.3) is 5.69 Å². The van der Waals surface area contributed by atoms with Gasteiger partial charge in [0.2, 0.25) is 0 Å². The van der Waals surface area contributed by atoms with Crippen molar-refractivity contribution >= 4 is 34.6 Å². The van der Waals surface area contributed by atoms with Crippen molar-refractivity contribution < 1.29 is 9.66 Å². The maximum atomic E-state index is 10.9. The minimum atomic E-state index is -0.507. The van der Waals surface area contributed by atoms with Crippen molar-refractivity contribution in [2.75, 3.05) is 24.6 Å². The first-order valence-electron chi connectivity index (χ1n) is 7.86. The Morgan fingerprint density at radius 2 is 2.00 bits per heavy atom. The SMILES string of the molecule is Cc1cc(C)n(CC2CN(c3c(Cl)cc([N+](=O)[O-])cc3Cl)CCO2)n1. The quantitative estimate of drug-likeness (QED) is 0.594. The maximum Gasteiger partial charge on any atom is 0.272 e. The fourth-order valence-electron chi connectivity index (χ4n) is 3.05. The Bertz CT molecular complexity index is 786. The van der Waals surface area contributed by atoms with Crippen molar-refractivity contribution in [2.24, 2.45) is 0 Å². The largest absolute Gasteiger partial charge is 0.373 e. The Morgan fingerprint density at radius 3 is 2.56 bits per heavy atom. The number of halogens is 2. The molecule has 0 saturated carbocycles. The van der Waals surface area contributed by atoms with Crippen molar-refractivity contribution in [3.63, 3.8) is 0 Å². The van der Waals surface area contributed by atoms with Gasteiger partial charge < -0.3 is 9.64 Å². The summed E-state index contributed by atoms with van der Waals surface area (Å²) in [5.74, 6) is 0. The zero-order chi connectivity index (χ0) is 18.1. The van der Waals surface area contributed by atoms with E-state index in [4.69, 9.17) is 27.9 Å². The number of nitro groups is 1. The maximum absolute atomic E-state index is 10.9. The van der Waals surface area contributed by atoms with Crippen LogP contribution in [0.25, 0.3) is 0 Å². The first-order chi connectivity index (χ1) is 11.8. The molecule has 0 radical (unpaired) electrons. The van der Waals surface area contributed by atoms with Crippen LogP contribution in [0.5, 0.6) is 0 Å². The average molecular weight is 385 g/mol. The van der Waals surface area contributed by atoms with Gasteiger partial charge in [-0.05, 0) is 19.9 Å². The molecule has 1 unspecified atom stereocenters. The number of hydrogen-bond donors (Lipinski definition) is 0. The highest BCUT2D eigenvalue weighted by atomic mass is 35.5. The van der Waals surface area contributed by atoms with E-state index in [2.05, 4.69) is 5.10 Å². The van der Waals surface area contributed by atoms with Crippen molar-refractivity contribution in [1.29, 1.82) is 0 Å². The van der Waals surface area contributed by atoms with Gasteiger partial charge in [-0.2, -0.15) is 5.10 Å². The summed E-state index contributed by atoms with van der Waals surface area (Å²) in [6.07, 6.45) is -0.0749. The first kappa shape index (κ1) is 18.0. The van der Waals surface area contributed by atoms with Crippen LogP contribution in [0, 0.1) is 24.0 Å². The Kier molecular flexibility index (Phi) is 5.17. The van der Waals surface area contributed by atoms with Gasteiger partial charge in [0.1, 0.15) is 0 Å². The van der Waals surface area contributed by atoms with Gasteiger partial charge in [-0.25, -0.2) is 0 Å². The van der Waals surface area contributed by atoms with Crippen LogP contribution in [-0.2, 0) is 11.3 Å². The highest BCUT2D eigenvalue weighted by Crippen LogP contribution is 2.38. The number of hydrogen-bond acceptors (Lipinski definition) is 5. The highest BCUT2D eigenvalue weighted by Gasteiger charge is 2.26. The fraction of sp³-hybridized carbons (Fsp3) is 0.438. The molecule has 0 amide bonds. The Labute approximate surface area is 155 Å². The van der Waals surface area contributed by atoms with Crippen LogP contribution in [0.3, 0.4) is 0 Å². The standard InChI is InChI=1S/C16H18Cl2N4O3/c1-10-5-11(2)21(19-10)9-13-8-20(3-4-25-13)16-14(17)6-12(22(23)24)7-15(16)18/h5-7,13H,3-4,8-9H2,1-2H3. The molecule has 9 heteroatoms. The fourth-order valence-corrected chi connectivity index (χ4v) is 3.76. The van der Waals surface area contributed by atoms with Gasteiger partial charge >= 0.3 is 0 Å². The summed E-state index contributed by atoms with van der Waals surface area (Å²) in [5.41, 5.74) is 2.53. The zero-order valence-corrected chi connectivity index (χ0v) is 15.4. The molecule has 1 fully saturated rings. The molecule has 3 rings (SSSR count). The van der Waals surface area contributed by atoms with E-state index in [1.807, 2.05) is 29.5 Å². The molecule has 0 bridgehead atoms. The molecule has 1 aromatic carbocycles. The summed E-state index contributed by atoms with van der Waals surface area (Å²) in [7, 11) is 0. The lowest BCUT2D eigenvalue weighted by atomic mass is 10.2. The van der Waals surface area contributed by atoms with Gasteiger partial charge in [-0.3, -0.25) is 14.8 Å².